The van der Waals surface area contributed by atoms with Gasteiger partial charge in [-0.1, -0.05) is 12.1 Å². The van der Waals surface area contributed by atoms with Crippen molar-refractivity contribution in [3.05, 3.63) is 29.8 Å². The van der Waals surface area contributed by atoms with Gasteiger partial charge in [0.25, 0.3) is 0 Å². The van der Waals surface area contributed by atoms with E-state index in [2.05, 4.69) is 23.1 Å². The summed E-state index contributed by atoms with van der Waals surface area (Å²) in [6, 6.07) is 10.5. The molecule has 0 N–H and O–H groups in total. The number of nitrogens with zero attached hydrogens (tertiary/aromatic N) is 2. The van der Waals surface area contributed by atoms with Gasteiger partial charge in [0.05, 0.1) is 13.2 Å². The molecular weight excluding hydrogens is 212 g/mol. The summed E-state index contributed by atoms with van der Waals surface area (Å²) in [6.07, 6.45) is 2.25. The predicted octanol–water partition coefficient (Wildman–Crippen LogP) is 2.40. The fourth-order valence-electron chi connectivity index (χ4n) is 2.55. The number of hydrogen-bond donors (Lipinski definition) is 0. The SMILES string of the molecule is COc1ccc([C@H]2CCCN(C)[C@@H]2C#N)cc1. The number of hydrogen-bond acceptors (Lipinski definition) is 3. The summed E-state index contributed by atoms with van der Waals surface area (Å²) >= 11 is 0. The van der Waals surface area contributed by atoms with Crippen molar-refractivity contribution in [1.82, 2.24) is 4.90 Å². The third kappa shape index (κ3) is 2.42. The smallest absolute Gasteiger partial charge is 0.118 e. The van der Waals surface area contributed by atoms with Gasteiger partial charge in [-0.3, -0.25) is 4.90 Å². The molecule has 90 valence electrons. The molecule has 0 radical (unpaired) electrons. The van der Waals surface area contributed by atoms with Gasteiger partial charge in [-0.2, -0.15) is 5.26 Å². The van der Waals surface area contributed by atoms with Crippen molar-refractivity contribution in [2.75, 3.05) is 20.7 Å². The minimum atomic E-state index is -0.00264. The molecule has 0 spiro atoms. The van der Waals surface area contributed by atoms with Crippen molar-refractivity contribution in [2.24, 2.45) is 0 Å². The van der Waals surface area contributed by atoms with Crippen molar-refractivity contribution in [1.29, 1.82) is 5.26 Å². The Hall–Kier alpha value is -1.53. The standard InChI is InChI=1S/C14H18N2O/c1-16-9-3-4-13(14(16)10-15)11-5-7-12(17-2)8-6-11/h5-8,13-14H,3-4,9H2,1-2H3/t13-,14-/m1/s1. The normalized spacial score (nSPS) is 25.2. The van der Waals surface area contributed by atoms with Crippen LogP contribution in [0.4, 0.5) is 0 Å². The van der Waals surface area contributed by atoms with E-state index in [9.17, 15) is 5.26 Å². The van der Waals surface area contributed by atoms with Gasteiger partial charge in [0.15, 0.2) is 0 Å². The number of nitriles is 1. The van der Waals surface area contributed by atoms with E-state index in [1.54, 1.807) is 7.11 Å². The van der Waals surface area contributed by atoms with Crippen molar-refractivity contribution < 1.29 is 4.74 Å². The Morgan fingerprint density at radius 1 is 1.35 bits per heavy atom. The first-order valence-electron chi connectivity index (χ1n) is 6.00. The lowest BCUT2D eigenvalue weighted by atomic mass is 9.84. The average molecular weight is 230 g/mol. The number of methoxy groups -OCH3 is 1. The number of piperidine rings is 1. The monoisotopic (exact) mass is 230 g/mol. The molecule has 1 heterocycles. The third-order valence-electron chi connectivity index (χ3n) is 3.56. The number of likely N-dealkylation sites (tertiary alicyclic amines) is 1. The Morgan fingerprint density at radius 2 is 2.06 bits per heavy atom. The Morgan fingerprint density at radius 3 is 2.65 bits per heavy atom. The molecule has 2 atom stereocenters. The molecule has 17 heavy (non-hydrogen) atoms. The maximum Gasteiger partial charge on any atom is 0.118 e. The van der Waals surface area contributed by atoms with E-state index in [1.165, 1.54) is 5.56 Å². The lowest BCUT2D eigenvalue weighted by Crippen LogP contribution is -2.40. The van der Waals surface area contributed by atoms with Crippen LogP contribution >= 0.6 is 0 Å². The molecule has 1 aliphatic rings. The van der Waals surface area contributed by atoms with Crippen LogP contribution in [0.1, 0.15) is 24.3 Å². The largest absolute Gasteiger partial charge is 0.497 e. The van der Waals surface area contributed by atoms with Crippen molar-refractivity contribution >= 4 is 0 Å². The molecule has 0 aliphatic carbocycles. The molecule has 3 heteroatoms. The zero-order chi connectivity index (χ0) is 12.3. The minimum absolute atomic E-state index is 0.00264. The van der Waals surface area contributed by atoms with Crippen LogP contribution < -0.4 is 4.74 Å². The molecule has 1 fully saturated rings. The van der Waals surface area contributed by atoms with Crippen molar-refractivity contribution in [2.45, 2.75) is 24.8 Å². The third-order valence-corrected chi connectivity index (χ3v) is 3.56. The number of rotatable bonds is 2. The summed E-state index contributed by atoms with van der Waals surface area (Å²) in [4.78, 5) is 2.15. The van der Waals surface area contributed by atoms with Crippen LogP contribution in [0.25, 0.3) is 0 Å². The zero-order valence-electron chi connectivity index (χ0n) is 10.4. The van der Waals surface area contributed by atoms with E-state index in [1.807, 2.05) is 19.2 Å². The molecule has 0 amide bonds. The Bertz CT molecular complexity index is 407. The summed E-state index contributed by atoms with van der Waals surface area (Å²) in [6.45, 7) is 1.02. The fourth-order valence-corrected chi connectivity index (χ4v) is 2.55. The van der Waals surface area contributed by atoms with Crippen LogP contribution in [0.2, 0.25) is 0 Å². The van der Waals surface area contributed by atoms with Crippen LogP contribution in [0.3, 0.4) is 0 Å². The highest BCUT2D eigenvalue weighted by atomic mass is 16.5. The lowest BCUT2D eigenvalue weighted by molar-refractivity contribution is 0.201. The van der Waals surface area contributed by atoms with Gasteiger partial charge >= 0.3 is 0 Å². The molecule has 0 bridgehead atoms. The average Bonchev–Trinajstić information content (AvgIpc) is 2.38. The first-order chi connectivity index (χ1) is 8.26. The second-order valence-corrected chi connectivity index (χ2v) is 4.58. The molecule has 1 aromatic rings. The molecule has 0 saturated carbocycles. The fraction of sp³-hybridized carbons (Fsp3) is 0.500. The molecule has 1 aromatic carbocycles. The van der Waals surface area contributed by atoms with Crippen LogP contribution in [0.15, 0.2) is 24.3 Å². The van der Waals surface area contributed by atoms with Gasteiger partial charge in [-0.15, -0.1) is 0 Å². The van der Waals surface area contributed by atoms with Gasteiger partial charge in [0, 0.05) is 5.92 Å². The Kier molecular flexibility index (Phi) is 3.65. The summed E-state index contributed by atoms with van der Waals surface area (Å²) in [5, 5.41) is 9.28. The first-order valence-corrected chi connectivity index (χ1v) is 6.00. The first kappa shape index (κ1) is 11.9. The topological polar surface area (TPSA) is 36.3 Å². The van der Waals surface area contributed by atoms with Crippen LogP contribution in [0, 0.1) is 11.3 Å². The summed E-state index contributed by atoms with van der Waals surface area (Å²) in [5.74, 6) is 1.19. The highest BCUT2D eigenvalue weighted by Gasteiger charge is 2.30. The Balaban J connectivity index is 2.22. The molecule has 2 rings (SSSR count). The van der Waals surface area contributed by atoms with E-state index >= 15 is 0 Å². The number of likely N-dealkylation sites (N-methyl/N-ethyl adjacent to an activating group) is 1. The van der Waals surface area contributed by atoms with E-state index in [4.69, 9.17) is 4.74 Å². The number of ether oxygens (including phenoxy) is 1. The van der Waals surface area contributed by atoms with E-state index in [-0.39, 0.29) is 6.04 Å². The maximum atomic E-state index is 9.28. The predicted molar refractivity (Wildman–Crippen MR) is 67.0 cm³/mol. The van der Waals surface area contributed by atoms with E-state index < -0.39 is 0 Å². The van der Waals surface area contributed by atoms with Gasteiger partial charge in [0.2, 0.25) is 0 Å². The summed E-state index contributed by atoms with van der Waals surface area (Å²) in [7, 11) is 3.70. The molecule has 0 aromatic heterocycles. The van der Waals surface area contributed by atoms with E-state index in [0.29, 0.717) is 5.92 Å². The molecule has 3 nitrogen and oxygen atoms in total. The van der Waals surface area contributed by atoms with Crippen LogP contribution in [-0.4, -0.2) is 31.6 Å². The summed E-state index contributed by atoms with van der Waals surface area (Å²) in [5.41, 5.74) is 1.24. The molecule has 0 unspecified atom stereocenters. The van der Waals surface area contributed by atoms with E-state index in [0.717, 1.165) is 25.1 Å². The van der Waals surface area contributed by atoms with Gasteiger partial charge in [0.1, 0.15) is 11.8 Å². The zero-order valence-corrected chi connectivity index (χ0v) is 10.4. The molecule has 1 saturated heterocycles. The highest BCUT2D eigenvalue weighted by Crippen LogP contribution is 2.32. The molecular formula is C14H18N2O. The second-order valence-electron chi connectivity index (χ2n) is 4.58. The van der Waals surface area contributed by atoms with Crippen molar-refractivity contribution in [3.63, 3.8) is 0 Å². The van der Waals surface area contributed by atoms with Gasteiger partial charge < -0.3 is 4.74 Å². The van der Waals surface area contributed by atoms with Crippen LogP contribution in [0.5, 0.6) is 5.75 Å². The quantitative estimate of drug-likeness (QED) is 0.782. The number of benzene rings is 1. The molecule has 1 aliphatic heterocycles. The minimum Gasteiger partial charge on any atom is -0.497 e. The van der Waals surface area contributed by atoms with Crippen LogP contribution in [-0.2, 0) is 0 Å². The lowest BCUT2D eigenvalue weighted by Gasteiger charge is -2.35. The Labute approximate surface area is 103 Å². The maximum absolute atomic E-state index is 9.28. The van der Waals surface area contributed by atoms with Crippen molar-refractivity contribution in [3.8, 4) is 11.8 Å². The van der Waals surface area contributed by atoms with Gasteiger partial charge in [-0.25, -0.2) is 0 Å². The highest BCUT2D eigenvalue weighted by molar-refractivity contribution is 5.31. The summed E-state index contributed by atoms with van der Waals surface area (Å²) < 4.78 is 5.16. The van der Waals surface area contributed by atoms with Gasteiger partial charge in [-0.05, 0) is 44.1 Å². The second kappa shape index (κ2) is 5.20.